The molecule has 0 spiro atoms. The third-order valence-electron chi connectivity index (χ3n) is 2.72. The van der Waals surface area contributed by atoms with E-state index in [0.717, 1.165) is 5.56 Å². The standard InChI is InChI=1S/C16H14ClNO3/c17-14-8-4-5-12(9-14)10-18-15(19)11-21-16(20)13-6-2-1-3-7-13/h1-9H,10-11H2,(H,18,19). The number of amides is 1. The van der Waals surface area contributed by atoms with Crippen LogP contribution in [-0.2, 0) is 16.1 Å². The molecule has 0 aliphatic heterocycles. The molecule has 0 bridgehead atoms. The number of carbonyl (C=O) groups excluding carboxylic acids is 2. The van der Waals surface area contributed by atoms with Gasteiger partial charge in [-0.05, 0) is 29.8 Å². The van der Waals surface area contributed by atoms with Crippen molar-refractivity contribution in [2.75, 3.05) is 6.61 Å². The minimum atomic E-state index is -0.520. The van der Waals surface area contributed by atoms with Gasteiger partial charge in [-0.15, -0.1) is 0 Å². The number of benzene rings is 2. The highest BCUT2D eigenvalue weighted by atomic mass is 35.5. The number of rotatable bonds is 5. The summed E-state index contributed by atoms with van der Waals surface area (Å²) >= 11 is 5.85. The fourth-order valence-corrected chi connectivity index (χ4v) is 1.90. The summed E-state index contributed by atoms with van der Waals surface area (Å²) in [6, 6.07) is 15.7. The summed E-state index contributed by atoms with van der Waals surface area (Å²) in [5.74, 6) is -0.882. The molecule has 0 aliphatic rings. The highest BCUT2D eigenvalue weighted by Crippen LogP contribution is 2.10. The Morgan fingerprint density at radius 1 is 1.05 bits per heavy atom. The largest absolute Gasteiger partial charge is 0.452 e. The molecule has 0 saturated carbocycles. The summed E-state index contributed by atoms with van der Waals surface area (Å²) in [4.78, 5) is 23.3. The van der Waals surface area contributed by atoms with Crippen LogP contribution in [0, 0.1) is 0 Å². The van der Waals surface area contributed by atoms with Crippen LogP contribution in [-0.4, -0.2) is 18.5 Å². The Kier molecular flexibility index (Phi) is 5.35. The second-order valence-corrected chi connectivity index (χ2v) is 4.79. The number of hydrogen-bond acceptors (Lipinski definition) is 3. The molecule has 0 aromatic heterocycles. The summed E-state index contributed by atoms with van der Waals surface area (Å²) in [6.07, 6.45) is 0. The topological polar surface area (TPSA) is 55.4 Å². The molecule has 5 heteroatoms. The quantitative estimate of drug-likeness (QED) is 0.864. The molecule has 0 aliphatic carbocycles. The van der Waals surface area contributed by atoms with Gasteiger partial charge in [0.1, 0.15) is 0 Å². The average Bonchev–Trinajstić information content (AvgIpc) is 2.51. The minimum absolute atomic E-state index is 0.311. The smallest absolute Gasteiger partial charge is 0.338 e. The number of ether oxygens (including phenoxy) is 1. The minimum Gasteiger partial charge on any atom is -0.452 e. The van der Waals surface area contributed by atoms with Gasteiger partial charge in [-0.1, -0.05) is 41.9 Å². The molecule has 4 nitrogen and oxygen atoms in total. The van der Waals surface area contributed by atoms with Crippen molar-refractivity contribution in [1.29, 1.82) is 0 Å². The first-order valence-corrected chi connectivity index (χ1v) is 6.76. The summed E-state index contributed by atoms with van der Waals surface area (Å²) < 4.78 is 4.92. The van der Waals surface area contributed by atoms with Gasteiger partial charge in [-0.3, -0.25) is 4.79 Å². The fourth-order valence-electron chi connectivity index (χ4n) is 1.69. The van der Waals surface area contributed by atoms with Gasteiger partial charge in [0.05, 0.1) is 5.56 Å². The summed E-state index contributed by atoms with van der Waals surface area (Å²) in [6.45, 7) is 0.0244. The van der Waals surface area contributed by atoms with E-state index in [0.29, 0.717) is 17.1 Å². The molecular weight excluding hydrogens is 290 g/mol. The first-order valence-electron chi connectivity index (χ1n) is 6.38. The Balaban J connectivity index is 1.76. The Labute approximate surface area is 127 Å². The molecule has 0 radical (unpaired) electrons. The van der Waals surface area contributed by atoms with Gasteiger partial charge in [0.25, 0.3) is 5.91 Å². The van der Waals surface area contributed by atoms with Crippen LogP contribution in [0.4, 0.5) is 0 Å². The zero-order chi connectivity index (χ0) is 15.1. The van der Waals surface area contributed by atoms with E-state index in [1.807, 2.05) is 6.07 Å². The van der Waals surface area contributed by atoms with Crippen LogP contribution >= 0.6 is 11.6 Å². The predicted octanol–water partition coefficient (Wildman–Crippen LogP) is 2.81. The number of esters is 1. The van der Waals surface area contributed by atoms with Crippen molar-refractivity contribution < 1.29 is 14.3 Å². The molecule has 0 saturated heterocycles. The van der Waals surface area contributed by atoms with Crippen molar-refractivity contribution in [3.05, 3.63) is 70.7 Å². The molecule has 108 valence electrons. The van der Waals surface area contributed by atoms with E-state index in [4.69, 9.17) is 16.3 Å². The highest BCUT2D eigenvalue weighted by Gasteiger charge is 2.09. The van der Waals surface area contributed by atoms with Gasteiger partial charge in [-0.25, -0.2) is 4.79 Å². The van der Waals surface area contributed by atoms with Gasteiger partial charge in [0.2, 0.25) is 0 Å². The van der Waals surface area contributed by atoms with Crippen molar-refractivity contribution in [3.63, 3.8) is 0 Å². The molecule has 0 fully saturated rings. The van der Waals surface area contributed by atoms with E-state index < -0.39 is 5.97 Å². The lowest BCUT2D eigenvalue weighted by Crippen LogP contribution is -2.28. The van der Waals surface area contributed by atoms with E-state index in [9.17, 15) is 9.59 Å². The maximum Gasteiger partial charge on any atom is 0.338 e. The van der Waals surface area contributed by atoms with Gasteiger partial charge in [0.15, 0.2) is 6.61 Å². The SMILES string of the molecule is O=C(COC(=O)c1ccccc1)NCc1cccc(Cl)c1. The lowest BCUT2D eigenvalue weighted by molar-refractivity contribution is -0.124. The first kappa shape index (κ1) is 15.1. The van der Waals surface area contributed by atoms with Gasteiger partial charge >= 0.3 is 5.97 Å². The summed E-state index contributed by atoms with van der Waals surface area (Å²) in [5.41, 5.74) is 1.30. The summed E-state index contributed by atoms with van der Waals surface area (Å²) in [5, 5.41) is 3.27. The molecule has 2 aromatic rings. The van der Waals surface area contributed by atoms with Gasteiger partial charge in [0, 0.05) is 11.6 Å². The van der Waals surface area contributed by atoms with E-state index in [2.05, 4.69) is 5.32 Å². The highest BCUT2D eigenvalue weighted by molar-refractivity contribution is 6.30. The molecule has 0 heterocycles. The molecule has 1 amide bonds. The third-order valence-corrected chi connectivity index (χ3v) is 2.96. The number of nitrogens with one attached hydrogen (secondary N) is 1. The van der Waals surface area contributed by atoms with E-state index in [1.54, 1.807) is 48.5 Å². The Hall–Kier alpha value is -2.33. The lowest BCUT2D eigenvalue weighted by atomic mass is 10.2. The van der Waals surface area contributed by atoms with Crippen LogP contribution in [0.25, 0.3) is 0 Å². The van der Waals surface area contributed by atoms with Crippen LogP contribution in [0.15, 0.2) is 54.6 Å². The van der Waals surface area contributed by atoms with Crippen LogP contribution in [0.3, 0.4) is 0 Å². The lowest BCUT2D eigenvalue weighted by Gasteiger charge is -2.07. The first-order chi connectivity index (χ1) is 10.1. The normalized spacial score (nSPS) is 9.95. The fraction of sp³-hybridized carbons (Fsp3) is 0.125. The van der Waals surface area contributed by atoms with Gasteiger partial charge in [-0.2, -0.15) is 0 Å². The van der Waals surface area contributed by atoms with Crippen molar-refractivity contribution in [3.8, 4) is 0 Å². The van der Waals surface area contributed by atoms with Crippen molar-refractivity contribution >= 4 is 23.5 Å². The van der Waals surface area contributed by atoms with Crippen molar-refractivity contribution in [1.82, 2.24) is 5.32 Å². The van der Waals surface area contributed by atoms with E-state index in [-0.39, 0.29) is 12.5 Å². The second kappa shape index (κ2) is 7.45. The Morgan fingerprint density at radius 2 is 1.81 bits per heavy atom. The third kappa shape index (κ3) is 4.93. The van der Waals surface area contributed by atoms with Crippen LogP contribution in [0.1, 0.15) is 15.9 Å². The molecule has 0 atom stereocenters. The maximum absolute atomic E-state index is 11.6. The van der Waals surface area contributed by atoms with Gasteiger partial charge < -0.3 is 10.1 Å². The monoisotopic (exact) mass is 303 g/mol. The molecule has 2 aromatic carbocycles. The second-order valence-electron chi connectivity index (χ2n) is 4.35. The Morgan fingerprint density at radius 3 is 2.52 bits per heavy atom. The zero-order valence-electron chi connectivity index (χ0n) is 11.2. The summed E-state index contributed by atoms with van der Waals surface area (Å²) in [7, 11) is 0. The average molecular weight is 304 g/mol. The van der Waals surface area contributed by atoms with Crippen LogP contribution < -0.4 is 5.32 Å². The van der Waals surface area contributed by atoms with Crippen LogP contribution in [0.2, 0.25) is 5.02 Å². The zero-order valence-corrected chi connectivity index (χ0v) is 12.0. The predicted molar refractivity (Wildman–Crippen MR) is 80.0 cm³/mol. The van der Waals surface area contributed by atoms with E-state index >= 15 is 0 Å². The molecule has 21 heavy (non-hydrogen) atoms. The van der Waals surface area contributed by atoms with Crippen molar-refractivity contribution in [2.24, 2.45) is 0 Å². The Bertz CT molecular complexity index is 628. The van der Waals surface area contributed by atoms with Crippen LogP contribution in [0.5, 0.6) is 0 Å². The van der Waals surface area contributed by atoms with E-state index in [1.165, 1.54) is 0 Å². The molecule has 0 unspecified atom stereocenters. The molecule has 2 rings (SSSR count). The molecule has 1 N–H and O–H groups in total. The number of carbonyl (C=O) groups is 2. The van der Waals surface area contributed by atoms with Crippen molar-refractivity contribution in [2.45, 2.75) is 6.54 Å². The number of hydrogen-bond donors (Lipinski definition) is 1. The maximum atomic E-state index is 11.6. The number of halogens is 1. The molecular formula is C16H14ClNO3.